The molecule has 1 unspecified atom stereocenters. The molecular weight excluding hydrogens is 499 g/mol. The summed E-state index contributed by atoms with van der Waals surface area (Å²) in [6.45, 7) is 0. The van der Waals surface area contributed by atoms with Crippen molar-refractivity contribution in [3.8, 4) is 0 Å². The number of benzene rings is 1. The van der Waals surface area contributed by atoms with Gasteiger partial charge in [-0.2, -0.15) is 39.5 Å². The van der Waals surface area contributed by atoms with E-state index in [-0.39, 0.29) is 34.8 Å². The van der Waals surface area contributed by atoms with Crippen LogP contribution >= 0.6 is 0 Å². The van der Waals surface area contributed by atoms with Gasteiger partial charge in [-0.15, -0.1) is 0 Å². The van der Waals surface area contributed by atoms with Crippen LogP contribution in [0.4, 0.5) is 39.5 Å². The lowest BCUT2D eigenvalue weighted by atomic mass is 9.84. The van der Waals surface area contributed by atoms with E-state index in [9.17, 15) is 49.4 Å². The molecule has 1 atom stereocenters. The molecule has 2 aromatic heterocycles. The highest BCUT2D eigenvalue weighted by Gasteiger charge is 2.63. The zero-order valence-electron chi connectivity index (χ0n) is 16.9. The van der Waals surface area contributed by atoms with Crippen LogP contribution in [-0.4, -0.2) is 27.4 Å². The predicted octanol–water partition coefficient (Wildman–Crippen LogP) is 6.26. The lowest BCUT2D eigenvalue weighted by Gasteiger charge is -2.30. The van der Waals surface area contributed by atoms with Gasteiger partial charge in [0.15, 0.2) is 0 Å². The van der Waals surface area contributed by atoms with E-state index in [4.69, 9.17) is 0 Å². The maximum Gasteiger partial charge on any atom is 0.435 e. The molecular formula is C21H11F9N2O3. The van der Waals surface area contributed by atoms with Crippen molar-refractivity contribution in [2.45, 2.75) is 30.6 Å². The predicted molar refractivity (Wildman–Crippen MR) is 101 cm³/mol. The smallest absolute Gasteiger partial charge is 0.435 e. The molecule has 1 aliphatic rings. The number of hydrogen-bond acceptors (Lipinski definition) is 3. The number of nitrogens with zero attached hydrogens (tertiary/aromatic N) is 2. The number of pyridine rings is 1. The molecule has 0 aliphatic carbocycles. The molecule has 1 aromatic carbocycles. The first-order chi connectivity index (χ1) is 16.0. The van der Waals surface area contributed by atoms with Gasteiger partial charge in [-0.1, -0.05) is 5.16 Å². The summed E-state index contributed by atoms with van der Waals surface area (Å²) in [5, 5.41) is 12.8. The van der Waals surface area contributed by atoms with Gasteiger partial charge in [-0.05, 0) is 36.4 Å². The molecule has 0 saturated heterocycles. The second-order valence-electron chi connectivity index (χ2n) is 7.64. The fourth-order valence-electron chi connectivity index (χ4n) is 3.81. The standard InChI is InChI=1S/C21H11F9N2O3/c22-19(23,24)11-6-10(7-12(8-11)20(25,26)27)18(21(28,29)30)9-15(31-35-18)13-3-5-32-4-1-2-14(16(13)32)17(33)34/h1-8H,9H2,(H,33,34). The van der Waals surface area contributed by atoms with Crippen LogP contribution in [0.15, 0.2) is 53.9 Å². The van der Waals surface area contributed by atoms with Gasteiger partial charge in [-0.25, -0.2) is 4.79 Å². The fraction of sp³-hybridized carbons (Fsp3) is 0.238. The number of alkyl halides is 9. The third-order valence-electron chi connectivity index (χ3n) is 5.46. The van der Waals surface area contributed by atoms with E-state index in [1.807, 2.05) is 0 Å². The summed E-state index contributed by atoms with van der Waals surface area (Å²) in [6.07, 6.45) is -14.9. The normalized spacial score (nSPS) is 19.1. The monoisotopic (exact) mass is 510 g/mol. The molecule has 0 bridgehead atoms. The lowest BCUT2D eigenvalue weighted by molar-refractivity contribution is -0.276. The summed E-state index contributed by atoms with van der Waals surface area (Å²) >= 11 is 0. The van der Waals surface area contributed by atoms with E-state index < -0.39 is 58.9 Å². The summed E-state index contributed by atoms with van der Waals surface area (Å²) in [7, 11) is 0. The molecule has 3 aromatic rings. The van der Waals surface area contributed by atoms with Crippen molar-refractivity contribution in [1.82, 2.24) is 4.40 Å². The van der Waals surface area contributed by atoms with Crippen LogP contribution in [-0.2, 0) is 22.8 Å². The Hall–Kier alpha value is -3.71. The number of aromatic nitrogens is 1. The first-order valence-corrected chi connectivity index (χ1v) is 9.50. The van der Waals surface area contributed by atoms with E-state index in [0.29, 0.717) is 0 Å². The Morgan fingerprint density at radius 3 is 2.06 bits per heavy atom. The number of halogens is 9. The molecule has 0 amide bonds. The Kier molecular flexibility index (Phi) is 5.34. The fourth-order valence-corrected chi connectivity index (χ4v) is 3.81. The highest BCUT2D eigenvalue weighted by molar-refractivity contribution is 6.11. The maximum atomic E-state index is 14.2. The molecule has 186 valence electrons. The van der Waals surface area contributed by atoms with Crippen LogP contribution in [0.25, 0.3) is 5.52 Å². The SMILES string of the molecule is O=C(O)c1cccn2ccc(C3=NOC(c4cc(C(F)(F)F)cc(C(F)(F)F)c4)(C(F)(F)F)C3)c12. The Morgan fingerprint density at radius 2 is 1.54 bits per heavy atom. The average Bonchev–Trinajstić information content (AvgIpc) is 3.36. The minimum atomic E-state index is -5.50. The minimum Gasteiger partial charge on any atom is -0.478 e. The number of aromatic carboxylic acids is 1. The number of fused-ring (bicyclic) bond motifs is 1. The van der Waals surface area contributed by atoms with Crippen LogP contribution < -0.4 is 0 Å². The van der Waals surface area contributed by atoms with Gasteiger partial charge in [0.25, 0.3) is 5.60 Å². The van der Waals surface area contributed by atoms with Gasteiger partial charge in [-0.3, -0.25) is 0 Å². The molecule has 3 heterocycles. The first kappa shape index (κ1) is 24.4. The second kappa shape index (κ2) is 7.65. The minimum absolute atomic E-state index is 0.0677. The Labute approximate surface area is 189 Å². The Morgan fingerprint density at radius 1 is 0.943 bits per heavy atom. The zero-order valence-corrected chi connectivity index (χ0v) is 16.9. The number of rotatable bonds is 3. The van der Waals surface area contributed by atoms with Crippen LogP contribution in [0.3, 0.4) is 0 Å². The van der Waals surface area contributed by atoms with Crippen molar-refractivity contribution in [2.24, 2.45) is 5.16 Å². The molecule has 35 heavy (non-hydrogen) atoms. The van der Waals surface area contributed by atoms with Gasteiger partial charge >= 0.3 is 24.5 Å². The van der Waals surface area contributed by atoms with Crippen molar-refractivity contribution in [2.75, 3.05) is 0 Å². The molecule has 5 nitrogen and oxygen atoms in total. The second-order valence-corrected chi connectivity index (χ2v) is 7.64. The summed E-state index contributed by atoms with van der Waals surface area (Å²) in [6, 6.07) is 3.30. The van der Waals surface area contributed by atoms with Crippen LogP contribution in [0, 0.1) is 0 Å². The number of carboxylic acid groups (broad SMARTS) is 1. The molecule has 0 spiro atoms. The number of oxime groups is 1. The highest BCUT2D eigenvalue weighted by Crippen LogP contribution is 2.51. The molecule has 1 N–H and O–H groups in total. The van der Waals surface area contributed by atoms with Crippen molar-refractivity contribution in [1.29, 1.82) is 0 Å². The van der Waals surface area contributed by atoms with Crippen LogP contribution in [0.2, 0.25) is 0 Å². The van der Waals surface area contributed by atoms with Gasteiger partial charge < -0.3 is 14.3 Å². The van der Waals surface area contributed by atoms with Crippen LogP contribution in [0.5, 0.6) is 0 Å². The third-order valence-corrected chi connectivity index (χ3v) is 5.46. The summed E-state index contributed by atoms with van der Waals surface area (Å²) < 4.78 is 124. The maximum absolute atomic E-state index is 14.2. The number of hydrogen-bond donors (Lipinski definition) is 1. The van der Waals surface area contributed by atoms with Crippen molar-refractivity contribution in [3.63, 3.8) is 0 Å². The molecule has 1 aliphatic heterocycles. The van der Waals surface area contributed by atoms with E-state index in [1.165, 1.54) is 28.9 Å². The topological polar surface area (TPSA) is 63.3 Å². The summed E-state index contributed by atoms with van der Waals surface area (Å²) in [5.74, 6) is -1.43. The molecule has 0 fully saturated rings. The van der Waals surface area contributed by atoms with Crippen LogP contribution in [0.1, 0.15) is 39.0 Å². The van der Waals surface area contributed by atoms with Crippen molar-refractivity contribution >= 4 is 17.2 Å². The summed E-state index contributed by atoms with van der Waals surface area (Å²) in [4.78, 5) is 16.2. The Balaban J connectivity index is 1.89. The molecule has 0 radical (unpaired) electrons. The largest absolute Gasteiger partial charge is 0.478 e. The summed E-state index contributed by atoms with van der Waals surface area (Å²) in [5.41, 5.74) is -10.1. The van der Waals surface area contributed by atoms with Crippen molar-refractivity contribution < 1.29 is 54.3 Å². The van der Waals surface area contributed by atoms with Gasteiger partial charge in [0.1, 0.15) is 0 Å². The molecule has 0 saturated carbocycles. The van der Waals surface area contributed by atoms with E-state index in [2.05, 4.69) is 9.99 Å². The van der Waals surface area contributed by atoms with E-state index in [1.54, 1.807) is 0 Å². The average molecular weight is 510 g/mol. The quantitative estimate of drug-likeness (QED) is 0.424. The zero-order chi connectivity index (χ0) is 26.0. The van der Waals surface area contributed by atoms with Gasteiger partial charge in [0.2, 0.25) is 0 Å². The Bertz CT molecular complexity index is 1320. The third kappa shape index (κ3) is 4.06. The van der Waals surface area contributed by atoms with Gasteiger partial charge in [0.05, 0.1) is 34.3 Å². The lowest BCUT2D eigenvalue weighted by Crippen LogP contribution is -2.43. The number of carboxylic acids is 1. The van der Waals surface area contributed by atoms with Crippen molar-refractivity contribution in [3.05, 3.63) is 76.6 Å². The van der Waals surface area contributed by atoms with Gasteiger partial charge in [0, 0.05) is 23.5 Å². The molecule has 4 rings (SSSR count). The van der Waals surface area contributed by atoms with E-state index in [0.717, 1.165) is 6.07 Å². The first-order valence-electron chi connectivity index (χ1n) is 9.50. The number of carbonyl (C=O) groups is 1. The highest BCUT2D eigenvalue weighted by atomic mass is 19.4. The van der Waals surface area contributed by atoms with E-state index >= 15 is 0 Å². The molecule has 14 heteroatoms.